The van der Waals surface area contributed by atoms with Crippen molar-refractivity contribution in [2.24, 2.45) is 5.92 Å². The fourth-order valence-electron chi connectivity index (χ4n) is 3.01. The third-order valence-corrected chi connectivity index (χ3v) is 5.63. The molecule has 5 nitrogen and oxygen atoms in total. The zero-order valence-electron chi connectivity index (χ0n) is 15.1. The molecular formula is C19H25NO4S. The fourth-order valence-corrected chi connectivity index (χ4v) is 3.64. The van der Waals surface area contributed by atoms with Crippen molar-refractivity contribution in [3.05, 3.63) is 34.9 Å². The van der Waals surface area contributed by atoms with Crippen LogP contribution in [0.2, 0.25) is 0 Å². The number of fused-ring (bicyclic) bond motifs is 1. The number of carbonyl (C=O) groups excluding carboxylic acids is 2. The summed E-state index contributed by atoms with van der Waals surface area (Å²) in [4.78, 5) is 37.1. The number of hydrogen-bond acceptors (Lipinski definition) is 4. The number of thioether (sulfide) groups is 1. The second-order valence-electron chi connectivity index (χ2n) is 6.91. The molecule has 0 spiro atoms. The van der Waals surface area contributed by atoms with Crippen LogP contribution in [-0.2, 0) is 27.3 Å². The van der Waals surface area contributed by atoms with E-state index in [1.54, 1.807) is 6.92 Å². The highest BCUT2D eigenvalue weighted by Gasteiger charge is 2.36. The zero-order valence-corrected chi connectivity index (χ0v) is 15.9. The molecule has 1 aliphatic heterocycles. The molecule has 25 heavy (non-hydrogen) atoms. The van der Waals surface area contributed by atoms with Crippen molar-refractivity contribution in [3.63, 3.8) is 0 Å². The summed E-state index contributed by atoms with van der Waals surface area (Å²) in [5.41, 5.74) is 3.19. The minimum Gasteiger partial charge on any atom is -0.480 e. The molecule has 1 aliphatic rings. The van der Waals surface area contributed by atoms with Crippen LogP contribution in [0.1, 0.15) is 50.3 Å². The average molecular weight is 363 g/mol. The van der Waals surface area contributed by atoms with Gasteiger partial charge >= 0.3 is 5.97 Å². The first-order valence-electron chi connectivity index (χ1n) is 8.49. The van der Waals surface area contributed by atoms with Gasteiger partial charge in [-0.25, -0.2) is 4.79 Å². The van der Waals surface area contributed by atoms with Crippen molar-refractivity contribution in [2.75, 3.05) is 5.75 Å². The van der Waals surface area contributed by atoms with Crippen LogP contribution >= 0.6 is 11.8 Å². The van der Waals surface area contributed by atoms with Crippen molar-refractivity contribution in [2.45, 2.75) is 52.6 Å². The number of amides is 1. The number of carboxylic acid groups (broad SMARTS) is 1. The Balaban J connectivity index is 2.26. The highest BCUT2D eigenvalue weighted by molar-refractivity contribution is 8.13. The lowest BCUT2D eigenvalue weighted by Crippen LogP contribution is -2.50. The monoisotopic (exact) mass is 363 g/mol. The Kier molecular flexibility index (Phi) is 6.27. The summed E-state index contributed by atoms with van der Waals surface area (Å²) in [6.07, 6.45) is 0.321. The maximum absolute atomic E-state index is 12.8. The summed E-state index contributed by atoms with van der Waals surface area (Å²) in [5, 5.41) is 9.53. The molecule has 1 aromatic rings. The molecule has 0 radical (unpaired) electrons. The average Bonchev–Trinajstić information content (AvgIpc) is 2.56. The number of carboxylic acids is 1. The quantitative estimate of drug-likeness (QED) is 0.870. The molecule has 2 rings (SSSR count). The van der Waals surface area contributed by atoms with E-state index in [2.05, 4.69) is 19.9 Å². The van der Waals surface area contributed by atoms with Gasteiger partial charge in [-0.3, -0.25) is 9.59 Å². The van der Waals surface area contributed by atoms with Crippen LogP contribution in [0.4, 0.5) is 0 Å². The summed E-state index contributed by atoms with van der Waals surface area (Å²) in [5.74, 6) is -0.848. The Labute approximate surface area is 152 Å². The second kappa shape index (κ2) is 8.04. The van der Waals surface area contributed by atoms with Gasteiger partial charge in [-0.15, -0.1) is 0 Å². The van der Waals surface area contributed by atoms with Gasteiger partial charge in [-0.05, 0) is 22.6 Å². The Morgan fingerprint density at radius 2 is 1.92 bits per heavy atom. The first kappa shape index (κ1) is 19.5. The molecule has 1 aromatic carbocycles. The Hall–Kier alpha value is -1.82. The van der Waals surface area contributed by atoms with Crippen molar-refractivity contribution < 1.29 is 19.5 Å². The molecule has 1 heterocycles. The highest BCUT2D eigenvalue weighted by Crippen LogP contribution is 2.28. The van der Waals surface area contributed by atoms with Crippen LogP contribution < -0.4 is 0 Å². The molecule has 0 saturated carbocycles. The summed E-state index contributed by atoms with van der Waals surface area (Å²) in [7, 11) is 0. The van der Waals surface area contributed by atoms with Crippen molar-refractivity contribution >= 4 is 28.8 Å². The maximum Gasteiger partial charge on any atom is 0.326 e. The standard InChI is InChI=1S/C19H25NO4S/c1-11(2)14-5-6-15-8-17(19(23)24)20(9-16(15)7-14)18(22)12(3)10-25-13(4)21/h5-7,11-12,17H,8-10H2,1-4H3,(H,23,24). The first-order valence-corrected chi connectivity index (χ1v) is 9.47. The largest absolute Gasteiger partial charge is 0.480 e. The van der Waals surface area contributed by atoms with E-state index in [4.69, 9.17) is 0 Å². The molecule has 1 amide bonds. The van der Waals surface area contributed by atoms with Crippen LogP contribution in [-0.4, -0.2) is 38.8 Å². The summed E-state index contributed by atoms with van der Waals surface area (Å²) < 4.78 is 0. The van der Waals surface area contributed by atoms with Crippen molar-refractivity contribution in [3.8, 4) is 0 Å². The number of rotatable bonds is 5. The second-order valence-corrected chi connectivity index (χ2v) is 8.11. The molecule has 0 aromatic heterocycles. The van der Waals surface area contributed by atoms with Gasteiger partial charge < -0.3 is 10.0 Å². The Bertz CT molecular complexity index is 686. The normalized spacial score (nSPS) is 18.0. The van der Waals surface area contributed by atoms with Gasteiger partial charge in [0.15, 0.2) is 5.12 Å². The molecule has 0 bridgehead atoms. The predicted molar refractivity (Wildman–Crippen MR) is 98.5 cm³/mol. The van der Waals surface area contributed by atoms with Crippen molar-refractivity contribution in [1.29, 1.82) is 0 Å². The lowest BCUT2D eigenvalue weighted by Gasteiger charge is -2.36. The molecule has 6 heteroatoms. The molecular weight excluding hydrogens is 338 g/mol. The van der Waals surface area contributed by atoms with E-state index in [0.717, 1.165) is 22.9 Å². The van der Waals surface area contributed by atoms with Gasteiger partial charge in [0, 0.05) is 31.6 Å². The maximum atomic E-state index is 12.8. The van der Waals surface area contributed by atoms with Gasteiger partial charge in [-0.2, -0.15) is 0 Å². The molecule has 0 fully saturated rings. The van der Waals surface area contributed by atoms with E-state index in [9.17, 15) is 19.5 Å². The van der Waals surface area contributed by atoms with Crippen LogP contribution in [0, 0.1) is 5.92 Å². The van der Waals surface area contributed by atoms with Gasteiger partial charge in [0.05, 0.1) is 0 Å². The van der Waals surface area contributed by atoms with Crippen LogP contribution in [0.25, 0.3) is 0 Å². The molecule has 2 atom stereocenters. The SMILES string of the molecule is CC(=O)SCC(C)C(=O)N1Cc2cc(C(C)C)ccc2CC1C(=O)O. The Morgan fingerprint density at radius 1 is 1.24 bits per heavy atom. The van der Waals surface area contributed by atoms with Crippen LogP contribution in [0.3, 0.4) is 0 Å². The minimum atomic E-state index is -0.988. The first-order chi connectivity index (χ1) is 11.7. The van der Waals surface area contributed by atoms with Gasteiger partial charge in [0.25, 0.3) is 0 Å². The zero-order chi connectivity index (χ0) is 18.7. The summed E-state index contributed by atoms with van der Waals surface area (Å²) in [6.45, 7) is 7.73. The molecule has 136 valence electrons. The number of hydrogen-bond donors (Lipinski definition) is 1. The number of nitrogens with zero attached hydrogens (tertiary/aromatic N) is 1. The number of benzene rings is 1. The fraction of sp³-hybridized carbons (Fsp3) is 0.526. The Morgan fingerprint density at radius 3 is 2.48 bits per heavy atom. The van der Waals surface area contributed by atoms with Gasteiger partial charge in [0.2, 0.25) is 5.91 Å². The lowest BCUT2D eigenvalue weighted by atomic mass is 9.89. The van der Waals surface area contributed by atoms with E-state index in [-0.39, 0.29) is 11.0 Å². The third-order valence-electron chi connectivity index (χ3n) is 4.55. The molecule has 2 unspecified atom stereocenters. The van der Waals surface area contributed by atoms with E-state index in [0.29, 0.717) is 24.6 Å². The molecule has 0 saturated heterocycles. The minimum absolute atomic E-state index is 0.0417. The molecule has 0 aliphatic carbocycles. The predicted octanol–water partition coefficient (Wildman–Crippen LogP) is 3.06. The third kappa shape index (κ3) is 4.63. The van der Waals surface area contributed by atoms with Gasteiger partial charge in [-0.1, -0.05) is 50.7 Å². The van der Waals surface area contributed by atoms with Gasteiger partial charge in [0.1, 0.15) is 6.04 Å². The molecule has 1 N–H and O–H groups in total. The number of carbonyl (C=O) groups is 3. The van der Waals surface area contributed by atoms with E-state index in [1.807, 2.05) is 12.1 Å². The van der Waals surface area contributed by atoms with Crippen LogP contribution in [0.15, 0.2) is 18.2 Å². The van der Waals surface area contributed by atoms with Crippen LogP contribution in [0.5, 0.6) is 0 Å². The van der Waals surface area contributed by atoms with E-state index < -0.39 is 17.9 Å². The van der Waals surface area contributed by atoms with Crippen molar-refractivity contribution in [1.82, 2.24) is 4.90 Å². The highest BCUT2D eigenvalue weighted by atomic mass is 32.2. The summed E-state index contributed by atoms with van der Waals surface area (Å²) in [6, 6.07) is 5.24. The smallest absolute Gasteiger partial charge is 0.326 e. The van der Waals surface area contributed by atoms with E-state index in [1.165, 1.54) is 17.4 Å². The summed E-state index contributed by atoms with van der Waals surface area (Å²) >= 11 is 1.10. The lowest BCUT2D eigenvalue weighted by molar-refractivity contribution is -0.152. The topological polar surface area (TPSA) is 74.7 Å². The number of aliphatic carboxylic acids is 1. The van der Waals surface area contributed by atoms with E-state index >= 15 is 0 Å².